The third-order valence-corrected chi connectivity index (χ3v) is 4.42. The average molecular weight is 362 g/mol. The fourth-order valence-electron chi connectivity index (χ4n) is 3.22. The number of primary amides is 1. The molecule has 3 aromatic rings. The lowest BCUT2D eigenvalue weighted by Crippen LogP contribution is -2.24. The van der Waals surface area contributed by atoms with Crippen molar-refractivity contribution in [2.75, 3.05) is 0 Å². The van der Waals surface area contributed by atoms with Crippen LogP contribution in [0.1, 0.15) is 27.2 Å². The zero-order valence-electron chi connectivity index (χ0n) is 14.7. The van der Waals surface area contributed by atoms with Crippen LogP contribution in [0.25, 0.3) is 17.0 Å². The summed E-state index contributed by atoms with van der Waals surface area (Å²) in [7, 11) is 0. The normalized spacial score (nSPS) is 11.1. The Kier molecular flexibility index (Phi) is 4.90. The predicted molar refractivity (Wildman–Crippen MR) is 102 cm³/mol. The molecule has 0 fully saturated rings. The number of hydrogen-bond acceptors (Lipinski definition) is 3. The molecule has 136 valence electrons. The topological polar surface area (TPSA) is 102 Å². The summed E-state index contributed by atoms with van der Waals surface area (Å²) in [5.41, 5.74) is 8.36. The van der Waals surface area contributed by atoms with Gasteiger partial charge in [-0.1, -0.05) is 42.5 Å². The van der Waals surface area contributed by atoms with Gasteiger partial charge in [0.15, 0.2) is 0 Å². The van der Waals surface area contributed by atoms with E-state index in [1.54, 1.807) is 19.1 Å². The van der Waals surface area contributed by atoms with Gasteiger partial charge in [-0.05, 0) is 30.2 Å². The molecule has 0 bridgehead atoms. The number of carbonyl (C=O) groups excluding carboxylic acids is 2. The maximum absolute atomic E-state index is 12.5. The SMILES string of the molecule is Cc1c(C(=O)C(N)=O)c2c(/C=C/C(=O)O)cccc2n1Cc1ccccc1. The second-order valence-corrected chi connectivity index (χ2v) is 6.14. The van der Waals surface area contributed by atoms with Gasteiger partial charge in [0.05, 0.1) is 5.56 Å². The molecule has 0 spiro atoms. The second kappa shape index (κ2) is 7.29. The Morgan fingerprint density at radius 2 is 1.78 bits per heavy atom. The smallest absolute Gasteiger partial charge is 0.328 e. The van der Waals surface area contributed by atoms with Crippen LogP contribution in [0.2, 0.25) is 0 Å². The number of benzene rings is 2. The molecule has 27 heavy (non-hydrogen) atoms. The summed E-state index contributed by atoms with van der Waals surface area (Å²) in [6, 6.07) is 15.0. The fraction of sp³-hybridized carbons (Fsp3) is 0.0952. The van der Waals surface area contributed by atoms with Crippen molar-refractivity contribution in [3.05, 3.63) is 77.0 Å². The first-order valence-corrected chi connectivity index (χ1v) is 8.31. The Labute approximate surface area is 155 Å². The Morgan fingerprint density at radius 1 is 1.07 bits per heavy atom. The number of carbonyl (C=O) groups is 3. The number of nitrogens with two attached hydrogens (primary N) is 1. The number of carboxylic acids is 1. The molecule has 0 aliphatic rings. The maximum atomic E-state index is 12.5. The molecule has 3 N–H and O–H groups in total. The average Bonchev–Trinajstić information content (AvgIpc) is 2.92. The van der Waals surface area contributed by atoms with E-state index in [9.17, 15) is 14.4 Å². The molecule has 0 saturated heterocycles. The molecule has 0 atom stereocenters. The highest BCUT2D eigenvalue weighted by atomic mass is 16.4. The van der Waals surface area contributed by atoms with Gasteiger partial charge in [-0.3, -0.25) is 9.59 Å². The van der Waals surface area contributed by atoms with E-state index in [0.29, 0.717) is 23.2 Å². The standard InChI is InChI=1S/C21H18N2O4/c1-13-18(20(26)21(22)27)19-15(10-11-17(24)25)8-5-9-16(19)23(13)12-14-6-3-2-4-7-14/h2-11H,12H2,1H3,(H2,22,27)(H,24,25)/b11-10+. The molecule has 6 heteroatoms. The largest absolute Gasteiger partial charge is 0.478 e. The molecule has 0 unspecified atom stereocenters. The number of aliphatic carboxylic acids is 1. The van der Waals surface area contributed by atoms with Crippen LogP contribution in [-0.2, 0) is 16.1 Å². The maximum Gasteiger partial charge on any atom is 0.328 e. The Hall–Kier alpha value is -3.67. The first-order valence-electron chi connectivity index (χ1n) is 8.31. The first kappa shape index (κ1) is 18.1. The van der Waals surface area contributed by atoms with Gasteiger partial charge in [0.1, 0.15) is 0 Å². The third kappa shape index (κ3) is 3.50. The highest BCUT2D eigenvalue weighted by Crippen LogP contribution is 2.31. The number of amides is 1. The van der Waals surface area contributed by atoms with Crippen LogP contribution in [0.15, 0.2) is 54.6 Å². The van der Waals surface area contributed by atoms with Gasteiger partial charge >= 0.3 is 5.97 Å². The van der Waals surface area contributed by atoms with Gasteiger partial charge in [-0.15, -0.1) is 0 Å². The number of fused-ring (bicyclic) bond motifs is 1. The lowest BCUT2D eigenvalue weighted by molar-refractivity contribution is -0.131. The van der Waals surface area contributed by atoms with Gasteiger partial charge in [-0.25, -0.2) is 4.79 Å². The molecule has 1 heterocycles. The Bertz CT molecular complexity index is 1080. The summed E-state index contributed by atoms with van der Waals surface area (Å²) in [6.45, 7) is 2.26. The van der Waals surface area contributed by atoms with E-state index in [0.717, 1.165) is 17.2 Å². The van der Waals surface area contributed by atoms with Gasteiger partial charge in [-0.2, -0.15) is 0 Å². The summed E-state index contributed by atoms with van der Waals surface area (Å²) in [5.74, 6) is -2.94. The number of ketones is 1. The summed E-state index contributed by atoms with van der Waals surface area (Å²) in [6.07, 6.45) is 2.41. The van der Waals surface area contributed by atoms with Crippen molar-refractivity contribution in [3.8, 4) is 0 Å². The van der Waals surface area contributed by atoms with Gasteiger partial charge in [0.2, 0.25) is 0 Å². The first-order chi connectivity index (χ1) is 12.9. The van der Waals surface area contributed by atoms with Crippen molar-refractivity contribution >= 4 is 34.6 Å². The number of hydrogen-bond donors (Lipinski definition) is 2. The van der Waals surface area contributed by atoms with Gasteiger partial charge in [0, 0.05) is 29.2 Å². The van der Waals surface area contributed by atoms with Crippen LogP contribution in [0.3, 0.4) is 0 Å². The monoisotopic (exact) mass is 362 g/mol. The summed E-state index contributed by atoms with van der Waals surface area (Å²) in [5, 5.41) is 9.46. The quantitative estimate of drug-likeness (QED) is 0.400. The zero-order valence-corrected chi connectivity index (χ0v) is 14.7. The van der Waals surface area contributed by atoms with Gasteiger partial charge in [0.25, 0.3) is 11.7 Å². The van der Waals surface area contributed by atoms with Crippen molar-refractivity contribution in [2.24, 2.45) is 5.73 Å². The number of nitrogens with zero attached hydrogens (tertiary/aromatic N) is 1. The fourth-order valence-corrected chi connectivity index (χ4v) is 3.22. The Morgan fingerprint density at radius 3 is 2.41 bits per heavy atom. The summed E-state index contributed by atoms with van der Waals surface area (Å²) in [4.78, 5) is 35.0. The molecule has 1 amide bonds. The number of Topliss-reactive ketones (excluding diaryl/α,β-unsaturated/α-hetero) is 1. The van der Waals surface area contributed by atoms with E-state index >= 15 is 0 Å². The molecular weight excluding hydrogens is 344 g/mol. The molecule has 3 rings (SSSR count). The van der Waals surface area contributed by atoms with E-state index < -0.39 is 17.7 Å². The molecule has 6 nitrogen and oxygen atoms in total. The molecule has 1 aromatic heterocycles. The van der Waals surface area contributed by atoms with E-state index in [1.807, 2.05) is 41.0 Å². The van der Waals surface area contributed by atoms with Crippen LogP contribution >= 0.6 is 0 Å². The lowest BCUT2D eigenvalue weighted by Gasteiger charge is -2.09. The van der Waals surface area contributed by atoms with Crippen LogP contribution in [0.4, 0.5) is 0 Å². The van der Waals surface area contributed by atoms with Crippen LogP contribution in [0, 0.1) is 6.92 Å². The molecule has 0 aliphatic heterocycles. The van der Waals surface area contributed by atoms with Crippen LogP contribution < -0.4 is 5.73 Å². The Balaban J connectivity index is 2.29. The van der Waals surface area contributed by atoms with Crippen molar-refractivity contribution < 1.29 is 19.5 Å². The van der Waals surface area contributed by atoms with E-state index in [2.05, 4.69) is 0 Å². The minimum Gasteiger partial charge on any atom is -0.478 e. The van der Waals surface area contributed by atoms with E-state index in [4.69, 9.17) is 10.8 Å². The van der Waals surface area contributed by atoms with Crippen molar-refractivity contribution in [2.45, 2.75) is 13.5 Å². The molecular formula is C21H18N2O4. The van der Waals surface area contributed by atoms with Gasteiger partial charge < -0.3 is 15.4 Å². The molecule has 2 aromatic carbocycles. The predicted octanol–water partition coefficient (Wildman–Crippen LogP) is 2.76. The van der Waals surface area contributed by atoms with Crippen molar-refractivity contribution in [3.63, 3.8) is 0 Å². The number of rotatable bonds is 6. The van der Waals surface area contributed by atoms with Crippen molar-refractivity contribution in [1.29, 1.82) is 0 Å². The molecule has 0 radical (unpaired) electrons. The van der Waals surface area contributed by atoms with Crippen LogP contribution in [-0.4, -0.2) is 27.3 Å². The second-order valence-electron chi connectivity index (χ2n) is 6.14. The van der Waals surface area contributed by atoms with E-state index in [-0.39, 0.29) is 5.56 Å². The van der Waals surface area contributed by atoms with Crippen molar-refractivity contribution in [1.82, 2.24) is 4.57 Å². The summed E-state index contributed by atoms with van der Waals surface area (Å²) >= 11 is 0. The number of aromatic nitrogens is 1. The highest BCUT2D eigenvalue weighted by molar-refractivity contribution is 6.45. The molecule has 0 saturated carbocycles. The lowest BCUT2D eigenvalue weighted by atomic mass is 10.0. The number of carboxylic acid groups (broad SMARTS) is 1. The minimum absolute atomic E-state index is 0.207. The third-order valence-electron chi connectivity index (χ3n) is 4.42. The molecule has 0 aliphatic carbocycles. The van der Waals surface area contributed by atoms with E-state index in [1.165, 1.54) is 6.08 Å². The summed E-state index contributed by atoms with van der Waals surface area (Å²) < 4.78 is 1.93. The minimum atomic E-state index is -1.10. The zero-order chi connectivity index (χ0) is 19.6. The van der Waals surface area contributed by atoms with Crippen LogP contribution in [0.5, 0.6) is 0 Å². The highest BCUT2D eigenvalue weighted by Gasteiger charge is 2.24.